The van der Waals surface area contributed by atoms with Gasteiger partial charge in [0.25, 0.3) is 5.91 Å². The van der Waals surface area contributed by atoms with Crippen molar-refractivity contribution in [1.29, 1.82) is 0 Å². The van der Waals surface area contributed by atoms with Gasteiger partial charge in [0.05, 0.1) is 13.2 Å². The maximum absolute atomic E-state index is 12.2. The number of carbonyl (C=O) groups excluding carboxylic acids is 1. The van der Waals surface area contributed by atoms with Crippen molar-refractivity contribution in [3.63, 3.8) is 0 Å². The molecule has 0 radical (unpaired) electrons. The second-order valence-electron chi connectivity index (χ2n) is 5.59. The van der Waals surface area contributed by atoms with Gasteiger partial charge in [0.1, 0.15) is 11.5 Å². The van der Waals surface area contributed by atoms with Gasteiger partial charge in [-0.2, -0.15) is 0 Å². The molecular weight excluding hydrogens is 290 g/mol. The lowest BCUT2D eigenvalue weighted by Gasteiger charge is -2.11. The van der Waals surface area contributed by atoms with Gasteiger partial charge in [-0.15, -0.1) is 0 Å². The SMILES string of the molecule is O=C1NCCc2cccc(c2)OCCCCOc2cccc1c2. The van der Waals surface area contributed by atoms with Crippen molar-refractivity contribution in [3.05, 3.63) is 59.7 Å². The minimum Gasteiger partial charge on any atom is -0.494 e. The number of carbonyl (C=O) groups is 1. The molecule has 4 nitrogen and oxygen atoms in total. The molecule has 0 fully saturated rings. The summed E-state index contributed by atoms with van der Waals surface area (Å²) in [6.07, 6.45) is 2.62. The van der Waals surface area contributed by atoms with Crippen LogP contribution in [0.2, 0.25) is 0 Å². The first-order valence-corrected chi connectivity index (χ1v) is 8.04. The van der Waals surface area contributed by atoms with E-state index in [9.17, 15) is 4.79 Å². The zero-order chi connectivity index (χ0) is 15.9. The van der Waals surface area contributed by atoms with E-state index in [0.29, 0.717) is 25.3 Å². The van der Waals surface area contributed by atoms with Gasteiger partial charge in [-0.3, -0.25) is 4.79 Å². The molecule has 0 unspecified atom stereocenters. The molecule has 1 N–H and O–H groups in total. The zero-order valence-electron chi connectivity index (χ0n) is 13.1. The van der Waals surface area contributed by atoms with Gasteiger partial charge in [0.15, 0.2) is 0 Å². The summed E-state index contributed by atoms with van der Waals surface area (Å²) in [5.74, 6) is 1.54. The second kappa shape index (κ2) is 7.68. The zero-order valence-corrected chi connectivity index (χ0v) is 13.1. The van der Waals surface area contributed by atoms with Crippen LogP contribution in [0.5, 0.6) is 11.5 Å². The molecule has 23 heavy (non-hydrogen) atoms. The van der Waals surface area contributed by atoms with Crippen LogP contribution in [0.1, 0.15) is 28.8 Å². The monoisotopic (exact) mass is 311 g/mol. The van der Waals surface area contributed by atoms with E-state index in [1.54, 1.807) is 12.1 Å². The normalized spacial score (nSPS) is 15.9. The first kappa shape index (κ1) is 15.4. The Morgan fingerprint density at radius 2 is 1.57 bits per heavy atom. The number of ether oxygens (including phenoxy) is 2. The summed E-state index contributed by atoms with van der Waals surface area (Å²) in [5.41, 5.74) is 1.79. The summed E-state index contributed by atoms with van der Waals surface area (Å²) >= 11 is 0. The molecule has 1 aliphatic rings. The summed E-state index contributed by atoms with van der Waals surface area (Å²) in [4.78, 5) is 12.2. The highest BCUT2D eigenvalue weighted by atomic mass is 16.5. The van der Waals surface area contributed by atoms with Gasteiger partial charge in [-0.25, -0.2) is 0 Å². The first-order chi connectivity index (χ1) is 11.3. The number of nitrogens with one attached hydrogen (secondary N) is 1. The molecule has 0 atom stereocenters. The number of fused-ring (bicyclic) bond motifs is 4. The van der Waals surface area contributed by atoms with Crippen molar-refractivity contribution in [2.75, 3.05) is 19.8 Å². The van der Waals surface area contributed by atoms with Gasteiger partial charge in [-0.1, -0.05) is 18.2 Å². The first-order valence-electron chi connectivity index (χ1n) is 8.04. The third-order valence-corrected chi connectivity index (χ3v) is 3.77. The van der Waals surface area contributed by atoms with E-state index < -0.39 is 0 Å². The van der Waals surface area contributed by atoms with Crippen molar-refractivity contribution in [3.8, 4) is 11.5 Å². The standard InChI is InChI=1S/C19H21NO3/c21-19-16-6-4-8-18(14-16)23-12-2-1-11-22-17-7-3-5-15(13-17)9-10-20-19/h3-8,13-14H,1-2,9-12H2,(H,20,21). The average molecular weight is 311 g/mol. The molecular formula is C19H21NO3. The number of benzene rings is 2. The molecule has 1 amide bonds. The van der Waals surface area contributed by atoms with Crippen molar-refractivity contribution < 1.29 is 14.3 Å². The van der Waals surface area contributed by atoms with E-state index in [1.165, 1.54) is 0 Å². The predicted molar refractivity (Wildman–Crippen MR) is 89.1 cm³/mol. The van der Waals surface area contributed by atoms with E-state index in [1.807, 2.05) is 30.3 Å². The van der Waals surface area contributed by atoms with Crippen LogP contribution in [-0.4, -0.2) is 25.7 Å². The van der Waals surface area contributed by atoms with Crippen LogP contribution in [0.25, 0.3) is 0 Å². The molecule has 0 spiro atoms. The fourth-order valence-corrected chi connectivity index (χ4v) is 2.52. The summed E-state index contributed by atoms with van der Waals surface area (Å²) in [7, 11) is 0. The lowest BCUT2D eigenvalue weighted by Crippen LogP contribution is -2.25. The maximum atomic E-state index is 12.2. The molecule has 4 heteroatoms. The summed E-state index contributed by atoms with van der Waals surface area (Å²) in [6.45, 7) is 1.89. The predicted octanol–water partition coefficient (Wildman–Crippen LogP) is 3.21. The Labute approximate surface area is 136 Å². The molecule has 0 saturated heterocycles. The number of amides is 1. The van der Waals surface area contributed by atoms with Gasteiger partial charge >= 0.3 is 0 Å². The molecule has 4 bridgehead atoms. The van der Waals surface area contributed by atoms with Crippen LogP contribution in [0, 0.1) is 0 Å². The highest BCUT2D eigenvalue weighted by Crippen LogP contribution is 2.16. The van der Waals surface area contributed by atoms with E-state index >= 15 is 0 Å². The van der Waals surface area contributed by atoms with Crippen LogP contribution in [0.4, 0.5) is 0 Å². The Morgan fingerprint density at radius 3 is 2.35 bits per heavy atom. The third-order valence-electron chi connectivity index (χ3n) is 3.77. The molecule has 0 aliphatic carbocycles. The van der Waals surface area contributed by atoms with E-state index in [2.05, 4.69) is 11.4 Å². The van der Waals surface area contributed by atoms with Crippen molar-refractivity contribution >= 4 is 5.91 Å². The summed E-state index contributed by atoms with van der Waals surface area (Å²) in [5, 5.41) is 2.95. The van der Waals surface area contributed by atoms with Gasteiger partial charge < -0.3 is 14.8 Å². The number of hydrogen-bond acceptors (Lipinski definition) is 3. The van der Waals surface area contributed by atoms with Crippen molar-refractivity contribution in [2.24, 2.45) is 0 Å². The second-order valence-corrected chi connectivity index (χ2v) is 5.59. The van der Waals surface area contributed by atoms with E-state index in [4.69, 9.17) is 9.47 Å². The van der Waals surface area contributed by atoms with Crippen LogP contribution in [0.3, 0.4) is 0 Å². The van der Waals surface area contributed by atoms with E-state index in [0.717, 1.165) is 36.3 Å². The Morgan fingerprint density at radius 1 is 0.870 bits per heavy atom. The maximum Gasteiger partial charge on any atom is 0.251 e. The highest BCUT2D eigenvalue weighted by Gasteiger charge is 2.07. The van der Waals surface area contributed by atoms with Crippen molar-refractivity contribution in [1.82, 2.24) is 5.32 Å². The molecule has 1 aliphatic heterocycles. The lowest BCUT2D eigenvalue weighted by atomic mass is 10.1. The van der Waals surface area contributed by atoms with Gasteiger partial charge in [-0.05, 0) is 55.2 Å². The number of rotatable bonds is 0. The molecule has 2 aromatic rings. The van der Waals surface area contributed by atoms with Crippen LogP contribution < -0.4 is 14.8 Å². The summed E-state index contributed by atoms with van der Waals surface area (Å²) < 4.78 is 11.5. The van der Waals surface area contributed by atoms with Crippen molar-refractivity contribution in [2.45, 2.75) is 19.3 Å². The Kier molecular flexibility index (Phi) is 5.14. The third kappa shape index (κ3) is 4.49. The van der Waals surface area contributed by atoms with Gasteiger partial charge in [0.2, 0.25) is 0 Å². The number of hydrogen-bond donors (Lipinski definition) is 1. The van der Waals surface area contributed by atoms with Crippen LogP contribution in [0.15, 0.2) is 48.5 Å². The lowest BCUT2D eigenvalue weighted by molar-refractivity contribution is 0.0953. The van der Waals surface area contributed by atoms with Crippen LogP contribution >= 0.6 is 0 Å². The molecule has 3 rings (SSSR count). The quantitative estimate of drug-likeness (QED) is 0.812. The Balaban J connectivity index is 1.73. The molecule has 120 valence electrons. The summed E-state index contributed by atoms with van der Waals surface area (Å²) in [6, 6.07) is 15.4. The Bertz CT molecular complexity index is 669. The molecule has 0 saturated carbocycles. The highest BCUT2D eigenvalue weighted by molar-refractivity contribution is 5.94. The minimum atomic E-state index is -0.0741. The largest absolute Gasteiger partial charge is 0.494 e. The molecule has 1 heterocycles. The van der Waals surface area contributed by atoms with Gasteiger partial charge in [0, 0.05) is 12.1 Å². The van der Waals surface area contributed by atoms with Crippen LogP contribution in [-0.2, 0) is 6.42 Å². The minimum absolute atomic E-state index is 0.0741. The molecule has 0 aromatic heterocycles. The fraction of sp³-hybridized carbons (Fsp3) is 0.316. The van der Waals surface area contributed by atoms with E-state index in [-0.39, 0.29) is 5.91 Å². The average Bonchev–Trinajstić information content (AvgIpc) is 2.58. The molecule has 2 aromatic carbocycles. The smallest absolute Gasteiger partial charge is 0.251 e. The topological polar surface area (TPSA) is 47.6 Å². The fourth-order valence-electron chi connectivity index (χ4n) is 2.52. The Hall–Kier alpha value is -2.49.